The molecule has 0 unspecified atom stereocenters. The van der Waals surface area contributed by atoms with Gasteiger partial charge >= 0.3 is 6.09 Å². The van der Waals surface area contributed by atoms with Crippen molar-refractivity contribution in [3.63, 3.8) is 0 Å². The van der Waals surface area contributed by atoms with Crippen LogP contribution >= 0.6 is 0 Å². The molecule has 0 aromatic heterocycles. The van der Waals surface area contributed by atoms with Gasteiger partial charge in [0.25, 0.3) is 10.1 Å². The van der Waals surface area contributed by atoms with Crippen LogP contribution in [0.4, 0.5) is 4.79 Å². The number of hydrogen-bond acceptors (Lipinski definition) is 5. The number of amides is 1. The highest BCUT2D eigenvalue weighted by molar-refractivity contribution is 7.86. The Morgan fingerprint density at radius 1 is 1.37 bits per heavy atom. The lowest BCUT2D eigenvalue weighted by Gasteiger charge is -2.27. The minimum absolute atomic E-state index is 0.0402. The summed E-state index contributed by atoms with van der Waals surface area (Å²) in [5.41, 5.74) is -0.564. The SMILES string of the molecule is CC[C@@H]1C[C@H](OS(C)(=O)=O)CN1C(=O)OC(C)(C)C. The molecule has 1 amide bonds. The molecule has 2 atom stereocenters. The molecule has 0 aromatic carbocycles. The first-order valence-electron chi connectivity index (χ1n) is 6.39. The van der Waals surface area contributed by atoms with Gasteiger partial charge in [0.05, 0.1) is 18.9 Å². The van der Waals surface area contributed by atoms with Crippen LogP contribution in [0.3, 0.4) is 0 Å². The van der Waals surface area contributed by atoms with Crippen molar-refractivity contribution in [1.29, 1.82) is 0 Å². The van der Waals surface area contributed by atoms with E-state index in [2.05, 4.69) is 0 Å². The lowest BCUT2D eigenvalue weighted by atomic mass is 10.1. The Balaban J connectivity index is 2.70. The quantitative estimate of drug-likeness (QED) is 0.741. The first-order valence-corrected chi connectivity index (χ1v) is 8.21. The highest BCUT2D eigenvalue weighted by atomic mass is 32.2. The predicted octanol–water partition coefficient (Wildman–Crippen LogP) is 1.75. The Morgan fingerprint density at radius 2 is 1.95 bits per heavy atom. The van der Waals surface area contributed by atoms with Crippen LogP contribution < -0.4 is 0 Å². The van der Waals surface area contributed by atoms with Crippen molar-refractivity contribution in [2.45, 2.75) is 58.3 Å². The maximum Gasteiger partial charge on any atom is 0.410 e. The smallest absolute Gasteiger partial charge is 0.410 e. The summed E-state index contributed by atoms with van der Waals surface area (Å²) in [6.45, 7) is 7.59. The van der Waals surface area contributed by atoms with Gasteiger partial charge in [0.1, 0.15) is 5.60 Å². The van der Waals surface area contributed by atoms with Gasteiger partial charge in [0, 0.05) is 6.04 Å². The fraction of sp³-hybridized carbons (Fsp3) is 0.917. The van der Waals surface area contributed by atoms with Crippen molar-refractivity contribution in [3.05, 3.63) is 0 Å². The van der Waals surface area contributed by atoms with E-state index in [0.29, 0.717) is 6.42 Å². The van der Waals surface area contributed by atoms with Crippen LogP contribution in [-0.2, 0) is 19.0 Å². The zero-order valence-electron chi connectivity index (χ0n) is 12.2. The molecule has 0 aromatic rings. The molecule has 1 fully saturated rings. The number of hydrogen-bond donors (Lipinski definition) is 0. The van der Waals surface area contributed by atoms with E-state index in [1.165, 1.54) is 0 Å². The lowest BCUT2D eigenvalue weighted by molar-refractivity contribution is 0.0210. The number of likely N-dealkylation sites (tertiary alicyclic amines) is 1. The lowest BCUT2D eigenvalue weighted by Crippen LogP contribution is -2.40. The number of carbonyl (C=O) groups excluding carboxylic acids is 1. The van der Waals surface area contributed by atoms with Crippen molar-refractivity contribution >= 4 is 16.2 Å². The molecule has 1 saturated heterocycles. The molecule has 1 aliphatic rings. The van der Waals surface area contributed by atoms with E-state index < -0.39 is 27.9 Å². The maximum atomic E-state index is 12.0. The van der Waals surface area contributed by atoms with Crippen LogP contribution in [0.2, 0.25) is 0 Å². The average Bonchev–Trinajstić information content (AvgIpc) is 2.55. The van der Waals surface area contributed by atoms with E-state index >= 15 is 0 Å². The van der Waals surface area contributed by atoms with Gasteiger partial charge in [-0.05, 0) is 33.6 Å². The summed E-state index contributed by atoms with van der Waals surface area (Å²) < 4.78 is 32.5. The van der Waals surface area contributed by atoms with E-state index in [4.69, 9.17) is 8.92 Å². The molecule has 1 heterocycles. The molecule has 1 rings (SSSR count). The molecule has 0 N–H and O–H groups in total. The normalized spacial score (nSPS) is 24.6. The third-order valence-corrected chi connectivity index (χ3v) is 3.41. The summed E-state index contributed by atoms with van der Waals surface area (Å²) in [5.74, 6) is 0. The topological polar surface area (TPSA) is 72.9 Å². The minimum Gasteiger partial charge on any atom is -0.444 e. The zero-order valence-corrected chi connectivity index (χ0v) is 13.0. The van der Waals surface area contributed by atoms with Crippen molar-refractivity contribution in [2.24, 2.45) is 0 Å². The van der Waals surface area contributed by atoms with Crippen LogP contribution in [0.5, 0.6) is 0 Å². The molecule has 6 nitrogen and oxygen atoms in total. The number of carbonyl (C=O) groups is 1. The van der Waals surface area contributed by atoms with E-state index in [0.717, 1.165) is 12.7 Å². The number of nitrogens with zero attached hydrogens (tertiary/aromatic N) is 1. The fourth-order valence-electron chi connectivity index (χ4n) is 2.12. The number of ether oxygens (including phenoxy) is 1. The molecule has 19 heavy (non-hydrogen) atoms. The summed E-state index contributed by atoms with van der Waals surface area (Å²) in [6.07, 6.45) is 1.38. The van der Waals surface area contributed by atoms with Crippen LogP contribution in [0, 0.1) is 0 Å². The molecule has 1 aliphatic heterocycles. The second-order valence-electron chi connectivity index (χ2n) is 5.85. The molecule has 0 spiro atoms. The standard InChI is InChI=1S/C12H23NO5S/c1-6-9-7-10(18-19(5,15)16)8-13(9)11(14)17-12(2,3)4/h9-10H,6-8H2,1-5H3/t9-,10+/m1/s1. The molecule has 7 heteroatoms. The molecule has 0 radical (unpaired) electrons. The Morgan fingerprint density at radius 3 is 2.37 bits per heavy atom. The molecular weight excluding hydrogens is 270 g/mol. The monoisotopic (exact) mass is 293 g/mol. The average molecular weight is 293 g/mol. The van der Waals surface area contributed by atoms with E-state index in [9.17, 15) is 13.2 Å². The van der Waals surface area contributed by atoms with Gasteiger partial charge < -0.3 is 9.64 Å². The summed E-state index contributed by atoms with van der Waals surface area (Å²) in [4.78, 5) is 13.6. The first kappa shape index (κ1) is 16.2. The van der Waals surface area contributed by atoms with Crippen LogP contribution in [0.25, 0.3) is 0 Å². The first-order chi connectivity index (χ1) is 8.52. The second-order valence-corrected chi connectivity index (χ2v) is 7.45. The summed E-state index contributed by atoms with van der Waals surface area (Å²) in [6, 6.07) is -0.0402. The van der Waals surface area contributed by atoms with Gasteiger partial charge in [0.2, 0.25) is 0 Å². The van der Waals surface area contributed by atoms with Crippen LogP contribution in [0.1, 0.15) is 40.5 Å². The number of rotatable bonds is 3. The molecule has 112 valence electrons. The Bertz CT molecular complexity index is 426. The third kappa shape index (κ3) is 5.36. The second kappa shape index (κ2) is 5.66. The van der Waals surface area contributed by atoms with Crippen LogP contribution in [-0.4, -0.2) is 50.0 Å². The Hall–Kier alpha value is -0.820. The van der Waals surface area contributed by atoms with E-state index in [1.807, 2.05) is 6.92 Å². The maximum absolute atomic E-state index is 12.0. The van der Waals surface area contributed by atoms with E-state index in [-0.39, 0.29) is 12.6 Å². The Kier molecular flexibility index (Phi) is 4.84. The zero-order chi connectivity index (χ0) is 14.8. The largest absolute Gasteiger partial charge is 0.444 e. The van der Waals surface area contributed by atoms with Crippen molar-refractivity contribution < 1.29 is 22.1 Å². The van der Waals surface area contributed by atoms with Gasteiger partial charge in [-0.15, -0.1) is 0 Å². The Labute approximate surface area is 115 Å². The van der Waals surface area contributed by atoms with E-state index in [1.54, 1.807) is 25.7 Å². The van der Waals surface area contributed by atoms with Gasteiger partial charge in [0.15, 0.2) is 0 Å². The highest BCUT2D eigenvalue weighted by Crippen LogP contribution is 2.25. The van der Waals surface area contributed by atoms with Crippen molar-refractivity contribution in [1.82, 2.24) is 4.90 Å². The fourth-order valence-corrected chi connectivity index (χ4v) is 2.76. The van der Waals surface area contributed by atoms with Gasteiger partial charge in [-0.25, -0.2) is 4.79 Å². The summed E-state index contributed by atoms with van der Waals surface area (Å²) >= 11 is 0. The molecule has 0 bridgehead atoms. The molecule has 0 aliphatic carbocycles. The third-order valence-electron chi connectivity index (χ3n) is 2.79. The van der Waals surface area contributed by atoms with Gasteiger partial charge in [-0.1, -0.05) is 6.92 Å². The summed E-state index contributed by atoms with van der Waals surface area (Å²) in [5, 5.41) is 0. The molecule has 0 saturated carbocycles. The predicted molar refractivity (Wildman–Crippen MR) is 71.4 cm³/mol. The molecular formula is C12H23NO5S. The van der Waals surface area contributed by atoms with Gasteiger partial charge in [-0.3, -0.25) is 4.18 Å². The van der Waals surface area contributed by atoms with Gasteiger partial charge in [-0.2, -0.15) is 8.42 Å². The van der Waals surface area contributed by atoms with Crippen molar-refractivity contribution in [2.75, 3.05) is 12.8 Å². The highest BCUT2D eigenvalue weighted by Gasteiger charge is 2.38. The van der Waals surface area contributed by atoms with Crippen LogP contribution in [0.15, 0.2) is 0 Å². The van der Waals surface area contributed by atoms with Crippen molar-refractivity contribution in [3.8, 4) is 0 Å². The minimum atomic E-state index is -3.50. The summed E-state index contributed by atoms with van der Waals surface area (Å²) in [7, 11) is -3.50.